The van der Waals surface area contributed by atoms with Crippen molar-refractivity contribution in [1.29, 1.82) is 0 Å². The number of amides is 2. The maximum Gasteiger partial charge on any atom is 0.240 e. The fourth-order valence-electron chi connectivity index (χ4n) is 4.32. The van der Waals surface area contributed by atoms with E-state index in [0.29, 0.717) is 30.7 Å². The normalized spacial score (nSPS) is 14.0. The molecule has 4 aromatic rings. The Labute approximate surface area is 236 Å². The van der Waals surface area contributed by atoms with Gasteiger partial charge in [0.05, 0.1) is 17.9 Å². The molecule has 208 valence electrons. The molecule has 0 unspecified atom stereocenters. The second kappa shape index (κ2) is 11.8. The van der Waals surface area contributed by atoms with Crippen LogP contribution in [-0.4, -0.2) is 26.6 Å². The van der Waals surface area contributed by atoms with Gasteiger partial charge in [0.1, 0.15) is 17.0 Å². The first kappa shape index (κ1) is 28.7. The van der Waals surface area contributed by atoms with Gasteiger partial charge in [0.15, 0.2) is 11.6 Å². The Morgan fingerprint density at radius 3 is 2.45 bits per heavy atom. The topological polar surface area (TPSA) is 98.1 Å². The number of nitrogens with one attached hydrogen (secondary N) is 2. The van der Waals surface area contributed by atoms with Gasteiger partial charge < -0.3 is 15.4 Å². The second-order valence-corrected chi connectivity index (χ2v) is 9.55. The van der Waals surface area contributed by atoms with Crippen molar-refractivity contribution in [3.05, 3.63) is 90.4 Å². The molecule has 0 spiro atoms. The lowest BCUT2D eigenvalue weighted by molar-refractivity contribution is -0.134. The summed E-state index contributed by atoms with van der Waals surface area (Å²) in [6.45, 7) is 1.89. The van der Waals surface area contributed by atoms with E-state index in [9.17, 15) is 18.4 Å². The number of hydrogen-bond acceptors (Lipinski definition) is 5. The highest BCUT2D eigenvalue weighted by molar-refractivity contribution is 6.13. The summed E-state index contributed by atoms with van der Waals surface area (Å²) in [6.07, 6.45) is 6.38. The zero-order valence-corrected chi connectivity index (χ0v) is 22.7. The third kappa shape index (κ3) is 6.12. The average Bonchev–Trinajstić information content (AvgIpc) is 3.64. The SMILES string of the molecule is CC[C@H](NC(=O)C1(C(=O)Nc2ccc(Oc3ccnc(-c4cnn(C)c4)c3)c(F)c2)CC1)c1ccc(F)cc1.Cl. The number of aryl methyl sites for hydroxylation is 1. The second-order valence-electron chi connectivity index (χ2n) is 9.55. The van der Waals surface area contributed by atoms with Crippen LogP contribution in [0.2, 0.25) is 0 Å². The minimum absolute atomic E-state index is 0. The summed E-state index contributed by atoms with van der Waals surface area (Å²) in [7, 11) is 1.80. The van der Waals surface area contributed by atoms with Crippen molar-refractivity contribution in [3.8, 4) is 22.8 Å². The van der Waals surface area contributed by atoms with Gasteiger partial charge in [-0.3, -0.25) is 19.3 Å². The van der Waals surface area contributed by atoms with E-state index < -0.39 is 23.0 Å². The Morgan fingerprint density at radius 1 is 1.07 bits per heavy atom. The molecule has 2 N–H and O–H groups in total. The quantitative estimate of drug-likeness (QED) is 0.243. The molecule has 2 amide bonds. The first-order valence-corrected chi connectivity index (χ1v) is 12.6. The van der Waals surface area contributed by atoms with E-state index in [0.717, 1.165) is 17.2 Å². The zero-order chi connectivity index (χ0) is 27.6. The lowest BCUT2D eigenvalue weighted by Gasteiger charge is -2.22. The summed E-state index contributed by atoms with van der Waals surface area (Å²) >= 11 is 0. The van der Waals surface area contributed by atoms with Crippen molar-refractivity contribution in [2.45, 2.75) is 32.2 Å². The van der Waals surface area contributed by atoms with Gasteiger partial charge in [-0.25, -0.2) is 8.78 Å². The lowest BCUT2D eigenvalue weighted by atomic mass is 10.0. The number of rotatable bonds is 9. The third-order valence-electron chi connectivity index (χ3n) is 6.75. The number of aromatic nitrogens is 3. The first-order chi connectivity index (χ1) is 18.8. The molecule has 40 heavy (non-hydrogen) atoms. The van der Waals surface area contributed by atoms with Crippen LogP contribution in [0.5, 0.6) is 11.5 Å². The molecule has 1 aliphatic carbocycles. The van der Waals surface area contributed by atoms with Crippen LogP contribution in [0.4, 0.5) is 14.5 Å². The molecule has 1 saturated carbocycles. The van der Waals surface area contributed by atoms with E-state index in [1.54, 1.807) is 48.4 Å². The maximum atomic E-state index is 14.9. The van der Waals surface area contributed by atoms with E-state index in [4.69, 9.17) is 4.74 Å². The van der Waals surface area contributed by atoms with E-state index in [-0.39, 0.29) is 35.7 Å². The van der Waals surface area contributed by atoms with Gasteiger partial charge in [0.25, 0.3) is 0 Å². The van der Waals surface area contributed by atoms with E-state index in [2.05, 4.69) is 20.7 Å². The number of nitrogens with zero attached hydrogens (tertiary/aromatic N) is 3. The highest BCUT2D eigenvalue weighted by atomic mass is 35.5. The van der Waals surface area contributed by atoms with Crippen LogP contribution >= 0.6 is 12.4 Å². The Balaban J connectivity index is 0.00000370. The number of halogens is 3. The molecule has 11 heteroatoms. The first-order valence-electron chi connectivity index (χ1n) is 12.6. The molecule has 0 radical (unpaired) electrons. The van der Waals surface area contributed by atoms with Crippen molar-refractivity contribution in [3.63, 3.8) is 0 Å². The molecule has 5 rings (SSSR count). The van der Waals surface area contributed by atoms with Gasteiger partial charge in [-0.15, -0.1) is 12.4 Å². The van der Waals surface area contributed by atoms with E-state index in [1.807, 2.05) is 13.1 Å². The summed E-state index contributed by atoms with van der Waals surface area (Å²) < 4.78 is 35.6. The summed E-state index contributed by atoms with van der Waals surface area (Å²) in [4.78, 5) is 30.4. The smallest absolute Gasteiger partial charge is 0.240 e. The van der Waals surface area contributed by atoms with Crippen LogP contribution in [0.15, 0.2) is 73.2 Å². The van der Waals surface area contributed by atoms with Gasteiger partial charge in [0, 0.05) is 42.8 Å². The molecule has 8 nitrogen and oxygen atoms in total. The molecule has 2 aromatic heterocycles. The molecule has 1 aliphatic rings. The van der Waals surface area contributed by atoms with Crippen molar-refractivity contribution in [1.82, 2.24) is 20.1 Å². The summed E-state index contributed by atoms with van der Waals surface area (Å²) in [5.41, 5.74) is 1.16. The lowest BCUT2D eigenvalue weighted by Crippen LogP contribution is -2.41. The van der Waals surface area contributed by atoms with Crippen LogP contribution in [0.3, 0.4) is 0 Å². The van der Waals surface area contributed by atoms with Gasteiger partial charge in [-0.05, 0) is 55.2 Å². The molecule has 2 heterocycles. The predicted molar refractivity (Wildman–Crippen MR) is 148 cm³/mol. The zero-order valence-electron chi connectivity index (χ0n) is 21.9. The third-order valence-corrected chi connectivity index (χ3v) is 6.75. The molecule has 1 fully saturated rings. The van der Waals surface area contributed by atoms with Gasteiger partial charge in [-0.2, -0.15) is 5.10 Å². The number of carbonyl (C=O) groups excluding carboxylic acids is 2. The number of hydrogen-bond donors (Lipinski definition) is 2. The van der Waals surface area contributed by atoms with E-state index >= 15 is 0 Å². The van der Waals surface area contributed by atoms with Crippen LogP contribution in [0.25, 0.3) is 11.3 Å². The largest absolute Gasteiger partial charge is 0.454 e. The average molecular weight is 568 g/mol. The van der Waals surface area contributed by atoms with Crippen LogP contribution in [0, 0.1) is 17.0 Å². The van der Waals surface area contributed by atoms with Gasteiger partial charge in [-0.1, -0.05) is 19.1 Å². The highest BCUT2D eigenvalue weighted by Gasteiger charge is 2.56. The number of benzene rings is 2. The maximum absolute atomic E-state index is 14.9. The number of ether oxygens (including phenoxy) is 1. The Hall–Kier alpha value is -4.31. The van der Waals surface area contributed by atoms with Crippen LogP contribution < -0.4 is 15.4 Å². The van der Waals surface area contributed by atoms with Crippen molar-refractivity contribution >= 4 is 29.9 Å². The van der Waals surface area contributed by atoms with Crippen LogP contribution in [0.1, 0.15) is 37.8 Å². The van der Waals surface area contributed by atoms with E-state index in [1.165, 1.54) is 24.3 Å². The summed E-state index contributed by atoms with van der Waals surface area (Å²) in [5, 5.41) is 9.70. The molecule has 0 aliphatic heterocycles. The molecule has 0 saturated heterocycles. The highest BCUT2D eigenvalue weighted by Crippen LogP contribution is 2.47. The fraction of sp³-hybridized carbons (Fsp3) is 0.241. The van der Waals surface area contributed by atoms with Crippen molar-refractivity contribution in [2.24, 2.45) is 12.5 Å². The molecular formula is C29H28ClF2N5O3. The molecule has 1 atom stereocenters. The Kier molecular flexibility index (Phi) is 8.49. The Morgan fingerprint density at radius 2 is 1.82 bits per heavy atom. The van der Waals surface area contributed by atoms with Crippen molar-refractivity contribution < 1.29 is 23.1 Å². The Bertz CT molecular complexity index is 1520. The van der Waals surface area contributed by atoms with Crippen LogP contribution in [-0.2, 0) is 16.6 Å². The van der Waals surface area contributed by atoms with Gasteiger partial charge in [0.2, 0.25) is 11.8 Å². The predicted octanol–water partition coefficient (Wildman–Crippen LogP) is 5.96. The minimum Gasteiger partial charge on any atom is -0.454 e. The molecule has 0 bridgehead atoms. The van der Waals surface area contributed by atoms with Crippen molar-refractivity contribution in [2.75, 3.05) is 5.32 Å². The standard InChI is InChI=1S/C29H27F2N5O3.ClH/c1-3-24(18-4-6-20(30)7-5-18)35-28(38)29(11-12-29)27(37)34-21-8-9-26(23(31)14-21)39-22-10-13-32-25(15-22)19-16-33-36(2)17-19;/h4-10,13-17,24H,3,11-12H2,1-2H3,(H,34,37)(H,35,38);1H/t24-;/m0./s1. The van der Waals surface area contributed by atoms with Gasteiger partial charge >= 0.3 is 0 Å². The monoisotopic (exact) mass is 567 g/mol. The number of pyridine rings is 1. The minimum atomic E-state index is -1.22. The number of carbonyl (C=O) groups is 2. The fourth-order valence-corrected chi connectivity index (χ4v) is 4.32. The summed E-state index contributed by atoms with van der Waals surface area (Å²) in [5.74, 6) is -1.59. The molecule has 2 aromatic carbocycles. The molecular weight excluding hydrogens is 540 g/mol. The number of anilines is 1. The summed E-state index contributed by atoms with van der Waals surface area (Å²) in [6, 6.07) is 12.9.